The number of hydrogen-bond acceptors (Lipinski definition) is 5. The quantitative estimate of drug-likeness (QED) is 0.494. The first kappa shape index (κ1) is 13.6. The van der Waals surface area contributed by atoms with Crippen molar-refractivity contribution in [2.24, 2.45) is 0 Å². The van der Waals surface area contributed by atoms with Gasteiger partial charge in [0.25, 0.3) is 0 Å². The van der Waals surface area contributed by atoms with E-state index in [0.29, 0.717) is 5.56 Å². The first-order valence-electron chi connectivity index (χ1n) is 5.14. The van der Waals surface area contributed by atoms with Crippen molar-refractivity contribution in [3.8, 4) is 0 Å². The molecular formula is C13H10O5-2. The van der Waals surface area contributed by atoms with Crippen LogP contribution in [0.4, 0.5) is 0 Å². The maximum atomic E-state index is 11.7. The second kappa shape index (κ2) is 5.77. The van der Waals surface area contributed by atoms with E-state index < -0.39 is 35.3 Å². The Labute approximate surface area is 103 Å². The van der Waals surface area contributed by atoms with Crippen molar-refractivity contribution in [1.82, 2.24) is 0 Å². The molecule has 0 saturated heterocycles. The average Bonchev–Trinajstić information content (AvgIpc) is 2.35. The van der Waals surface area contributed by atoms with Crippen molar-refractivity contribution in [2.75, 3.05) is 0 Å². The molecule has 0 unspecified atom stereocenters. The normalized spacial score (nSPS) is 11.6. The summed E-state index contributed by atoms with van der Waals surface area (Å²) in [6, 6.07) is 7.99. The molecule has 0 fully saturated rings. The highest BCUT2D eigenvalue weighted by atomic mass is 16.4. The lowest BCUT2D eigenvalue weighted by Crippen LogP contribution is -2.31. The number of rotatable bonds is 5. The standard InChI is InChI=1S/C13H12O5/c1-8(12(15)16)10(13(17)18)7-11(14)9-5-3-2-4-6-9/h2-6H,7H2,1H3,(H,15,16)(H,17,18)/p-2/b10-8+. The fraction of sp³-hybridized carbons (Fsp3) is 0.154. The summed E-state index contributed by atoms with van der Waals surface area (Å²) in [5.41, 5.74) is -0.759. The van der Waals surface area contributed by atoms with Crippen molar-refractivity contribution in [3.05, 3.63) is 47.0 Å². The zero-order chi connectivity index (χ0) is 13.7. The highest BCUT2D eigenvalue weighted by Gasteiger charge is 2.12. The van der Waals surface area contributed by atoms with Crippen LogP contribution in [-0.4, -0.2) is 17.7 Å². The predicted octanol–water partition coefficient (Wildman–Crippen LogP) is -0.924. The maximum absolute atomic E-state index is 11.7. The Morgan fingerprint density at radius 2 is 1.56 bits per heavy atom. The fourth-order valence-corrected chi connectivity index (χ4v) is 1.37. The average molecular weight is 246 g/mol. The number of hydrogen-bond donors (Lipinski definition) is 0. The smallest absolute Gasteiger partial charge is 0.167 e. The van der Waals surface area contributed by atoms with Gasteiger partial charge in [-0.25, -0.2) is 0 Å². The zero-order valence-corrected chi connectivity index (χ0v) is 9.64. The molecule has 18 heavy (non-hydrogen) atoms. The van der Waals surface area contributed by atoms with Gasteiger partial charge in [0, 0.05) is 12.0 Å². The first-order valence-corrected chi connectivity index (χ1v) is 5.14. The Kier molecular flexibility index (Phi) is 4.37. The number of benzene rings is 1. The summed E-state index contributed by atoms with van der Waals surface area (Å²) in [7, 11) is 0. The second-order valence-corrected chi connectivity index (χ2v) is 3.64. The molecule has 0 heterocycles. The number of ketones is 1. The Hall–Kier alpha value is -2.43. The van der Waals surface area contributed by atoms with E-state index in [4.69, 9.17) is 0 Å². The molecule has 0 aliphatic carbocycles. The van der Waals surface area contributed by atoms with Crippen LogP contribution in [-0.2, 0) is 9.59 Å². The number of Topliss-reactive ketones (excluding diaryl/α,β-unsaturated/α-hetero) is 1. The van der Waals surface area contributed by atoms with Gasteiger partial charge in [-0.2, -0.15) is 0 Å². The van der Waals surface area contributed by atoms with E-state index in [1.165, 1.54) is 12.1 Å². The summed E-state index contributed by atoms with van der Waals surface area (Å²) in [6.07, 6.45) is -0.536. The summed E-state index contributed by atoms with van der Waals surface area (Å²) in [5, 5.41) is 21.4. The van der Waals surface area contributed by atoms with E-state index in [-0.39, 0.29) is 0 Å². The lowest BCUT2D eigenvalue weighted by atomic mass is 9.99. The zero-order valence-electron chi connectivity index (χ0n) is 9.64. The van der Waals surface area contributed by atoms with Gasteiger partial charge in [0.1, 0.15) is 0 Å². The second-order valence-electron chi connectivity index (χ2n) is 3.64. The molecule has 1 aromatic rings. The number of carboxylic acids is 2. The van der Waals surface area contributed by atoms with E-state index in [0.717, 1.165) is 6.92 Å². The Bertz CT molecular complexity index is 513. The van der Waals surface area contributed by atoms with Crippen LogP contribution in [0.2, 0.25) is 0 Å². The summed E-state index contributed by atoms with van der Waals surface area (Å²) >= 11 is 0. The van der Waals surface area contributed by atoms with Crippen molar-refractivity contribution in [1.29, 1.82) is 0 Å². The Balaban J connectivity index is 3.01. The molecule has 0 N–H and O–H groups in total. The van der Waals surface area contributed by atoms with Gasteiger partial charge in [0.2, 0.25) is 0 Å². The molecule has 1 aromatic carbocycles. The molecular weight excluding hydrogens is 236 g/mol. The first-order chi connectivity index (χ1) is 8.43. The highest BCUT2D eigenvalue weighted by Crippen LogP contribution is 2.12. The molecule has 0 radical (unpaired) electrons. The lowest BCUT2D eigenvalue weighted by Gasteiger charge is -2.13. The molecule has 0 aromatic heterocycles. The van der Waals surface area contributed by atoms with Gasteiger partial charge >= 0.3 is 0 Å². The van der Waals surface area contributed by atoms with Gasteiger partial charge < -0.3 is 19.8 Å². The number of carbonyl (C=O) groups is 3. The lowest BCUT2D eigenvalue weighted by molar-refractivity contribution is -0.304. The van der Waals surface area contributed by atoms with Crippen molar-refractivity contribution >= 4 is 17.7 Å². The van der Waals surface area contributed by atoms with Crippen LogP contribution in [0.1, 0.15) is 23.7 Å². The predicted molar refractivity (Wildman–Crippen MR) is 58.1 cm³/mol. The van der Waals surface area contributed by atoms with Crippen molar-refractivity contribution in [2.45, 2.75) is 13.3 Å². The number of carbonyl (C=O) groups excluding carboxylic acids is 3. The molecule has 0 spiro atoms. The van der Waals surface area contributed by atoms with Crippen LogP contribution in [0.25, 0.3) is 0 Å². The van der Waals surface area contributed by atoms with Gasteiger partial charge in [-0.3, -0.25) is 4.79 Å². The van der Waals surface area contributed by atoms with Crippen LogP contribution in [0.15, 0.2) is 41.5 Å². The van der Waals surface area contributed by atoms with E-state index in [1.54, 1.807) is 18.2 Å². The maximum Gasteiger partial charge on any atom is 0.167 e. The summed E-state index contributed by atoms with van der Waals surface area (Å²) < 4.78 is 0. The monoisotopic (exact) mass is 246 g/mol. The van der Waals surface area contributed by atoms with Crippen molar-refractivity contribution in [3.63, 3.8) is 0 Å². The molecule has 94 valence electrons. The third kappa shape index (κ3) is 3.28. The van der Waals surface area contributed by atoms with Gasteiger partial charge in [0.15, 0.2) is 5.78 Å². The number of carboxylic acid groups (broad SMARTS) is 2. The highest BCUT2D eigenvalue weighted by molar-refractivity contribution is 6.05. The molecule has 0 bridgehead atoms. The minimum absolute atomic E-state index is 0.308. The molecule has 5 nitrogen and oxygen atoms in total. The van der Waals surface area contributed by atoms with E-state index >= 15 is 0 Å². The van der Waals surface area contributed by atoms with Gasteiger partial charge in [-0.15, -0.1) is 0 Å². The van der Waals surface area contributed by atoms with Crippen LogP contribution in [0, 0.1) is 0 Å². The van der Waals surface area contributed by atoms with Crippen LogP contribution in [0.5, 0.6) is 0 Å². The Morgan fingerprint density at radius 3 is 2.00 bits per heavy atom. The molecule has 1 rings (SSSR count). The minimum Gasteiger partial charge on any atom is -0.545 e. The topological polar surface area (TPSA) is 97.3 Å². The molecule has 0 amide bonds. The minimum atomic E-state index is -1.68. The molecule has 5 heteroatoms. The van der Waals surface area contributed by atoms with Crippen molar-refractivity contribution < 1.29 is 24.6 Å². The van der Waals surface area contributed by atoms with Crippen LogP contribution < -0.4 is 10.2 Å². The van der Waals surface area contributed by atoms with Gasteiger partial charge in [0.05, 0.1) is 11.9 Å². The molecule has 0 aliphatic heterocycles. The molecule has 0 aliphatic rings. The summed E-state index contributed by atoms with van der Waals surface area (Å²) in [6.45, 7) is 1.07. The summed E-state index contributed by atoms with van der Waals surface area (Å²) in [5.74, 6) is -3.80. The SMILES string of the molecule is C/C(C(=O)[O-])=C(/CC(=O)c1ccccc1)C(=O)[O-]. The number of aliphatic carboxylic acids is 2. The molecule has 0 atom stereocenters. The van der Waals surface area contributed by atoms with E-state index in [2.05, 4.69) is 0 Å². The third-order valence-corrected chi connectivity index (χ3v) is 2.44. The molecule has 0 saturated carbocycles. The van der Waals surface area contributed by atoms with Crippen LogP contribution in [0.3, 0.4) is 0 Å². The van der Waals surface area contributed by atoms with Gasteiger partial charge in [-0.1, -0.05) is 30.3 Å². The van der Waals surface area contributed by atoms with E-state index in [9.17, 15) is 24.6 Å². The third-order valence-electron chi connectivity index (χ3n) is 2.44. The van der Waals surface area contributed by atoms with Crippen LogP contribution >= 0.6 is 0 Å². The fourth-order valence-electron chi connectivity index (χ4n) is 1.37. The van der Waals surface area contributed by atoms with E-state index in [1.807, 2.05) is 0 Å². The van der Waals surface area contributed by atoms with Gasteiger partial charge in [-0.05, 0) is 18.1 Å². The Morgan fingerprint density at radius 1 is 1.00 bits per heavy atom. The largest absolute Gasteiger partial charge is 0.545 e. The summed E-state index contributed by atoms with van der Waals surface area (Å²) in [4.78, 5) is 33.1.